The fourth-order valence-corrected chi connectivity index (χ4v) is 3.46. The van der Waals surface area contributed by atoms with Crippen LogP contribution in [0.2, 0.25) is 0 Å². The summed E-state index contributed by atoms with van der Waals surface area (Å²) in [5.41, 5.74) is 2.13. The molecule has 0 N–H and O–H groups in total. The number of hydrogen-bond donors (Lipinski definition) is 0. The number of likely N-dealkylation sites (tertiary alicyclic amines) is 1. The van der Waals surface area contributed by atoms with E-state index >= 15 is 0 Å². The summed E-state index contributed by atoms with van der Waals surface area (Å²) >= 11 is 0. The molecule has 1 aliphatic heterocycles. The topological polar surface area (TPSA) is 63.7 Å². The number of carbonyl (C=O) groups is 3. The fourth-order valence-electron chi connectivity index (χ4n) is 3.46. The number of benzene rings is 1. The van der Waals surface area contributed by atoms with E-state index in [9.17, 15) is 14.4 Å². The van der Waals surface area contributed by atoms with Gasteiger partial charge in [0.1, 0.15) is 12.3 Å². The van der Waals surface area contributed by atoms with Crippen LogP contribution in [0.1, 0.15) is 36.8 Å². The molecule has 23 heavy (non-hydrogen) atoms. The Morgan fingerprint density at radius 1 is 1.09 bits per heavy atom. The number of ether oxygens (including phenoxy) is 1. The van der Waals surface area contributed by atoms with Gasteiger partial charge in [0.25, 0.3) is 0 Å². The van der Waals surface area contributed by atoms with Gasteiger partial charge in [-0.2, -0.15) is 0 Å². The molecule has 0 radical (unpaired) electrons. The van der Waals surface area contributed by atoms with Crippen LogP contribution < -0.4 is 4.74 Å². The van der Waals surface area contributed by atoms with Gasteiger partial charge in [-0.1, -0.05) is 18.9 Å². The highest BCUT2D eigenvalue weighted by Gasteiger charge is 2.48. The Hall–Kier alpha value is -2.17. The summed E-state index contributed by atoms with van der Waals surface area (Å²) < 4.78 is 5.28. The molecule has 1 saturated heterocycles. The molecule has 5 heteroatoms. The minimum Gasteiger partial charge on any atom is -0.425 e. The highest BCUT2D eigenvalue weighted by atomic mass is 16.5. The Labute approximate surface area is 135 Å². The monoisotopic (exact) mass is 315 g/mol. The van der Waals surface area contributed by atoms with E-state index in [-0.39, 0.29) is 30.2 Å². The molecule has 2 aliphatic rings. The van der Waals surface area contributed by atoms with Crippen molar-refractivity contribution in [3.63, 3.8) is 0 Å². The van der Waals surface area contributed by atoms with Gasteiger partial charge in [0.2, 0.25) is 11.8 Å². The van der Waals surface area contributed by atoms with E-state index in [2.05, 4.69) is 0 Å². The maximum absolute atomic E-state index is 12.3. The van der Waals surface area contributed by atoms with Crippen molar-refractivity contribution in [3.05, 3.63) is 29.3 Å². The molecule has 1 aromatic rings. The maximum Gasteiger partial charge on any atom is 0.331 e. The number of amides is 2. The molecule has 1 aromatic carbocycles. The van der Waals surface area contributed by atoms with E-state index in [4.69, 9.17) is 4.74 Å². The molecule has 0 aromatic heterocycles. The van der Waals surface area contributed by atoms with Crippen LogP contribution in [0.5, 0.6) is 5.75 Å². The molecule has 0 spiro atoms. The minimum absolute atomic E-state index is 0.211. The zero-order chi connectivity index (χ0) is 16.6. The molecule has 2 atom stereocenters. The third-order valence-corrected chi connectivity index (χ3v) is 4.93. The van der Waals surface area contributed by atoms with Gasteiger partial charge in [-0.05, 0) is 49.9 Å². The first-order chi connectivity index (χ1) is 11.0. The quantitative estimate of drug-likeness (QED) is 0.488. The molecule has 1 aliphatic carbocycles. The minimum atomic E-state index is -0.575. The summed E-state index contributed by atoms with van der Waals surface area (Å²) in [5.74, 6) is -1.02. The first kappa shape index (κ1) is 15.7. The van der Waals surface area contributed by atoms with E-state index in [1.807, 2.05) is 19.9 Å². The summed E-state index contributed by atoms with van der Waals surface area (Å²) in [6.45, 7) is 3.62. The third kappa shape index (κ3) is 3.00. The molecule has 2 amide bonds. The third-order valence-electron chi connectivity index (χ3n) is 4.93. The van der Waals surface area contributed by atoms with Crippen molar-refractivity contribution in [3.8, 4) is 5.75 Å². The van der Waals surface area contributed by atoms with Crippen molar-refractivity contribution < 1.29 is 19.1 Å². The summed E-state index contributed by atoms with van der Waals surface area (Å²) in [5, 5.41) is 0. The van der Waals surface area contributed by atoms with Crippen LogP contribution in [-0.4, -0.2) is 29.2 Å². The van der Waals surface area contributed by atoms with Crippen molar-refractivity contribution in [2.45, 2.75) is 39.5 Å². The Balaban J connectivity index is 1.66. The van der Waals surface area contributed by atoms with Crippen LogP contribution >= 0.6 is 0 Å². The first-order valence-electron chi connectivity index (χ1n) is 8.10. The van der Waals surface area contributed by atoms with Gasteiger partial charge in [-0.25, -0.2) is 4.79 Å². The van der Waals surface area contributed by atoms with Crippen LogP contribution in [0.15, 0.2) is 18.2 Å². The number of esters is 1. The second kappa shape index (κ2) is 6.14. The van der Waals surface area contributed by atoms with E-state index < -0.39 is 5.97 Å². The van der Waals surface area contributed by atoms with Gasteiger partial charge in [-0.3, -0.25) is 14.5 Å². The first-order valence-corrected chi connectivity index (χ1v) is 8.10. The molecule has 0 bridgehead atoms. The van der Waals surface area contributed by atoms with Crippen LogP contribution in [0.3, 0.4) is 0 Å². The van der Waals surface area contributed by atoms with Crippen molar-refractivity contribution >= 4 is 17.8 Å². The Bertz CT molecular complexity index is 643. The maximum atomic E-state index is 12.3. The predicted octanol–water partition coefficient (Wildman–Crippen LogP) is 2.38. The smallest absolute Gasteiger partial charge is 0.331 e. The van der Waals surface area contributed by atoms with Gasteiger partial charge in [0.05, 0.1) is 11.8 Å². The molecule has 0 unspecified atom stereocenters. The molecule has 2 fully saturated rings. The lowest BCUT2D eigenvalue weighted by Crippen LogP contribution is -2.37. The van der Waals surface area contributed by atoms with Gasteiger partial charge >= 0.3 is 5.97 Å². The number of fused-ring (bicyclic) bond motifs is 1. The summed E-state index contributed by atoms with van der Waals surface area (Å²) in [6, 6.07) is 5.37. The largest absolute Gasteiger partial charge is 0.425 e. The second-order valence-corrected chi connectivity index (χ2v) is 6.48. The average Bonchev–Trinajstić information content (AvgIpc) is 2.76. The number of hydrogen-bond acceptors (Lipinski definition) is 4. The lowest BCUT2D eigenvalue weighted by Gasteiger charge is -2.19. The molecule has 3 rings (SSSR count). The predicted molar refractivity (Wildman–Crippen MR) is 83.7 cm³/mol. The molecule has 1 saturated carbocycles. The van der Waals surface area contributed by atoms with Crippen LogP contribution in [-0.2, 0) is 14.4 Å². The van der Waals surface area contributed by atoms with Gasteiger partial charge in [0.15, 0.2) is 0 Å². The van der Waals surface area contributed by atoms with Crippen LogP contribution in [0.25, 0.3) is 0 Å². The molecule has 122 valence electrons. The average molecular weight is 315 g/mol. The highest BCUT2D eigenvalue weighted by molar-refractivity contribution is 6.07. The molecular formula is C18H21NO4. The van der Waals surface area contributed by atoms with E-state index in [1.54, 1.807) is 12.1 Å². The molecule has 1 heterocycles. The highest BCUT2D eigenvalue weighted by Crippen LogP contribution is 2.37. The van der Waals surface area contributed by atoms with Gasteiger partial charge < -0.3 is 4.74 Å². The lowest BCUT2D eigenvalue weighted by molar-refractivity contribution is -0.148. The fraction of sp³-hybridized carbons (Fsp3) is 0.500. The van der Waals surface area contributed by atoms with E-state index in [0.29, 0.717) is 5.75 Å². The van der Waals surface area contributed by atoms with Crippen molar-refractivity contribution in [1.82, 2.24) is 4.90 Å². The number of imide groups is 1. The van der Waals surface area contributed by atoms with E-state index in [1.165, 1.54) is 0 Å². The number of nitrogens with zero attached hydrogens (tertiary/aromatic N) is 1. The summed E-state index contributed by atoms with van der Waals surface area (Å²) in [7, 11) is 0. The SMILES string of the molecule is Cc1ccc(OC(=O)CN2C(=O)[C@H]3CCCC[C@@H]3C2=O)cc1C. The zero-order valence-electron chi connectivity index (χ0n) is 13.5. The normalized spacial score (nSPS) is 23.8. The lowest BCUT2D eigenvalue weighted by atomic mass is 9.81. The summed E-state index contributed by atoms with van der Waals surface area (Å²) in [4.78, 5) is 37.8. The van der Waals surface area contributed by atoms with Crippen LogP contribution in [0.4, 0.5) is 0 Å². The van der Waals surface area contributed by atoms with Crippen molar-refractivity contribution in [2.75, 3.05) is 6.54 Å². The number of carbonyl (C=O) groups excluding carboxylic acids is 3. The Kier molecular flexibility index (Phi) is 4.20. The molecular weight excluding hydrogens is 294 g/mol. The van der Waals surface area contributed by atoms with Crippen molar-refractivity contribution in [1.29, 1.82) is 0 Å². The van der Waals surface area contributed by atoms with Gasteiger partial charge in [0, 0.05) is 0 Å². The Morgan fingerprint density at radius 2 is 1.70 bits per heavy atom. The zero-order valence-corrected chi connectivity index (χ0v) is 13.5. The number of aryl methyl sites for hydroxylation is 2. The second-order valence-electron chi connectivity index (χ2n) is 6.48. The van der Waals surface area contributed by atoms with Crippen LogP contribution in [0, 0.1) is 25.7 Å². The van der Waals surface area contributed by atoms with Gasteiger partial charge in [-0.15, -0.1) is 0 Å². The summed E-state index contributed by atoms with van der Waals surface area (Å²) in [6.07, 6.45) is 3.44. The van der Waals surface area contributed by atoms with Crippen molar-refractivity contribution in [2.24, 2.45) is 11.8 Å². The van der Waals surface area contributed by atoms with E-state index in [0.717, 1.165) is 41.7 Å². The standard InChI is InChI=1S/C18H21NO4/c1-11-7-8-13(9-12(11)2)23-16(20)10-19-17(21)14-5-3-4-6-15(14)18(19)22/h7-9,14-15H,3-6,10H2,1-2H3/t14-,15-/m0/s1. The molecule has 5 nitrogen and oxygen atoms in total. The number of rotatable bonds is 3. The Morgan fingerprint density at radius 3 is 2.26 bits per heavy atom.